The summed E-state index contributed by atoms with van der Waals surface area (Å²) in [6.45, 7) is 12.4. The van der Waals surface area contributed by atoms with E-state index in [9.17, 15) is 0 Å². The number of hydrogen-bond donors (Lipinski definition) is 1. The SMILES string of the molecule is CC1c2[c-]cccc2-c2ccccc21.C[Si]C.Cl.Cl.[CH2-]CO.[CH3-].[O]=[Zr]=[Si]. The van der Waals surface area contributed by atoms with Crippen LogP contribution in [0.1, 0.15) is 24.0 Å². The van der Waals surface area contributed by atoms with Crippen LogP contribution in [0.25, 0.3) is 11.1 Å². The van der Waals surface area contributed by atoms with Crippen molar-refractivity contribution >= 4 is 41.2 Å². The van der Waals surface area contributed by atoms with Crippen molar-refractivity contribution in [2.45, 2.75) is 25.9 Å². The molecule has 1 atom stereocenters. The zero-order valence-electron chi connectivity index (χ0n) is 15.7. The standard InChI is InChI=1S/C14H11.C2H5O.C2H6Si.CH3.2ClH.O.Si.Zr/c1-10-11-6-2-4-8-13(11)14-9-5-3-7-12(10)14;1-2-3;1-3-2;;;;;;/h2-6,8-10H,1H3;3H,1-2H2;1-2H3;1H3;2*1H;;;/q2*-1;;-1;;;;;. The molecule has 1 aliphatic carbocycles. The van der Waals surface area contributed by atoms with Crippen molar-refractivity contribution in [3.05, 3.63) is 74.0 Å². The van der Waals surface area contributed by atoms with Gasteiger partial charge in [-0.15, -0.1) is 35.9 Å². The molecule has 26 heavy (non-hydrogen) atoms. The molecule has 0 saturated heterocycles. The summed E-state index contributed by atoms with van der Waals surface area (Å²) in [5.74, 6) is 0.502. The van der Waals surface area contributed by atoms with Gasteiger partial charge < -0.3 is 19.5 Å². The Balaban J connectivity index is -0.000000175. The number of rotatable bonds is 0. The number of hydrogen-bond acceptors (Lipinski definition) is 2. The van der Waals surface area contributed by atoms with Gasteiger partial charge in [0.25, 0.3) is 0 Å². The van der Waals surface area contributed by atoms with Crippen LogP contribution in [0.3, 0.4) is 0 Å². The molecule has 0 aromatic heterocycles. The van der Waals surface area contributed by atoms with Crippen LogP contribution in [-0.2, 0) is 24.7 Å². The molecule has 2 aromatic rings. The maximum absolute atomic E-state index is 9.01. The molecule has 7 heteroatoms. The fourth-order valence-corrected chi connectivity index (χ4v) is 2.32. The van der Waals surface area contributed by atoms with Gasteiger partial charge in [0.05, 0.1) is 0 Å². The van der Waals surface area contributed by atoms with Crippen LogP contribution >= 0.6 is 24.8 Å². The summed E-state index contributed by atoms with van der Waals surface area (Å²) in [5, 5.41) is 7.46. The molecule has 0 saturated carbocycles. The summed E-state index contributed by atoms with van der Waals surface area (Å²) in [4.78, 5) is 0. The Hall–Kier alpha value is 0.0969. The predicted molar refractivity (Wildman–Crippen MR) is 116 cm³/mol. The van der Waals surface area contributed by atoms with E-state index in [1.807, 2.05) is 6.07 Å². The summed E-state index contributed by atoms with van der Waals surface area (Å²) < 4.78 is 9.01. The van der Waals surface area contributed by atoms with E-state index >= 15 is 0 Å². The van der Waals surface area contributed by atoms with Gasteiger partial charge in [-0.1, -0.05) is 56.5 Å². The number of aliphatic hydroxyl groups is 1. The second-order valence-corrected chi connectivity index (χ2v) is 7.34. The van der Waals surface area contributed by atoms with Crippen LogP contribution in [0, 0.1) is 20.4 Å². The molecule has 2 nitrogen and oxygen atoms in total. The Morgan fingerprint density at radius 2 is 1.62 bits per heavy atom. The van der Waals surface area contributed by atoms with Crippen molar-refractivity contribution in [2.24, 2.45) is 0 Å². The summed E-state index contributed by atoms with van der Waals surface area (Å²) in [6.07, 6.45) is 0. The number of benzene rings is 2. The summed E-state index contributed by atoms with van der Waals surface area (Å²) in [6, 6.07) is 18.2. The first kappa shape index (κ1) is 33.7. The molecule has 0 aliphatic heterocycles. The number of halogens is 2. The van der Waals surface area contributed by atoms with Crippen molar-refractivity contribution in [1.82, 2.24) is 0 Å². The Labute approximate surface area is 187 Å². The van der Waals surface area contributed by atoms with Gasteiger partial charge in [-0.05, 0) is 11.5 Å². The van der Waals surface area contributed by atoms with Gasteiger partial charge in [0.1, 0.15) is 0 Å². The second-order valence-electron chi connectivity index (χ2n) is 4.63. The molecule has 1 aliphatic rings. The van der Waals surface area contributed by atoms with Crippen LogP contribution in [0.15, 0.2) is 42.5 Å². The van der Waals surface area contributed by atoms with Gasteiger partial charge in [-0.2, -0.15) is 24.3 Å². The van der Waals surface area contributed by atoms with Crippen LogP contribution in [-0.4, -0.2) is 28.1 Å². The van der Waals surface area contributed by atoms with E-state index in [1.165, 1.54) is 22.3 Å². The van der Waals surface area contributed by atoms with E-state index in [4.69, 9.17) is 7.92 Å². The first-order valence-corrected chi connectivity index (χ1v) is 14.4. The zero-order valence-corrected chi connectivity index (χ0v) is 21.8. The predicted octanol–water partition coefficient (Wildman–Crippen LogP) is 5.01. The Kier molecular flexibility index (Phi) is 27.7. The molecule has 0 fully saturated rings. The van der Waals surface area contributed by atoms with E-state index in [-0.39, 0.29) is 38.8 Å². The second kappa shape index (κ2) is 21.4. The van der Waals surface area contributed by atoms with Gasteiger partial charge >= 0.3 is 31.5 Å². The molecule has 4 radical (unpaired) electrons. The first-order valence-electron chi connectivity index (χ1n) is 7.25. The molecule has 0 heterocycles. The van der Waals surface area contributed by atoms with E-state index in [1.54, 1.807) is 0 Å². The molecular formula is C19H27Cl2O2Si2Zr-3. The average Bonchev–Trinajstić information content (AvgIpc) is 2.84. The van der Waals surface area contributed by atoms with Crippen LogP contribution < -0.4 is 0 Å². The van der Waals surface area contributed by atoms with E-state index in [0.717, 1.165) is 9.52 Å². The van der Waals surface area contributed by atoms with Gasteiger partial charge in [-0.3, -0.25) is 0 Å². The van der Waals surface area contributed by atoms with E-state index in [2.05, 4.69) is 76.3 Å². The molecule has 0 amide bonds. The fraction of sp³-hybridized carbons (Fsp3) is 0.263. The third kappa shape index (κ3) is 11.1. The van der Waals surface area contributed by atoms with Crippen LogP contribution in [0.2, 0.25) is 13.1 Å². The Bertz CT molecular complexity index is 574. The number of aliphatic hydroxyl groups excluding tert-OH is 1. The third-order valence-electron chi connectivity index (χ3n) is 3.04. The molecule has 2 aromatic carbocycles. The third-order valence-corrected chi connectivity index (χ3v) is 3.04. The monoisotopic (exact) mass is 503 g/mol. The topological polar surface area (TPSA) is 37.3 Å². The molecule has 0 spiro atoms. The minimum absolute atomic E-state index is 0. The van der Waals surface area contributed by atoms with E-state index < -0.39 is 21.9 Å². The molecule has 3 rings (SSSR count). The summed E-state index contributed by atoms with van der Waals surface area (Å²) >= 11 is -1.21. The average molecular weight is 506 g/mol. The Morgan fingerprint density at radius 3 is 2.12 bits per heavy atom. The molecule has 0 bridgehead atoms. The fourth-order valence-electron chi connectivity index (χ4n) is 2.32. The maximum atomic E-state index is 9.01. The molecule has 1 unspecified atom stereocenters. The molecule has 1 N–H and O–H groups in total. The van der Waals surface area contributed by atoms with Crippen molar-refractivity contribution in [2.75, 3.05) is 6.61 Å². The zero-order chi connectivity index (χ0) is 17.7. The first-order chi connectivity index (χ1) is 11.1. The quantitative estimate of drug-likeness (QED) is 0.404. The summed E-state index contributed by atoms with van der Waals surface area (Å²) in [5.41, 5.74) is 5.51. The molecular weight excluding hydrogens is 479 g/mol. The van der Waals surface area contributed by atoms with Crippen LogP contribution in [0.5, 0.6) is 0 Å². The van der Waals surface area contributed by atoms with Gasteiger partial charge in [0, 0.05) is 9.52 Å². The van der Waals surface area contributed by atoms with Crippen molar-refractivity contribution < 1.29 is 29.8 Å². The van der Waals surface area contributed by atoms with Gasteiger partial charge in [-0.25, -0.2) is 0 Å². The van der Waals surface area contributed by atoms with Crippen LogP contribution in [0.4, 0.5) is 0 Å². The van der Waals surface area contributed by atoms with E-state index in [0.29, 0.717) is 5.92 Å². The minimum atomic E-state index is -1.21. The number of fused-ring (bicyclic) bond motifs is 3. The van der Waals surface area contributed by atoms with Crippen molar-refractivity contribution in [3.63, 3.8) is 0 Å². The van der Waals surface area contributed by atoms with Gasteiger partial charge in [0.2, 0.25) is 0 Å². The van der Waals surface area contributed by atoms with Crippen molar-refractivity contribution in [3.8, 4) is 11.1 Å². The molecule has 144 valence electrons. The summed E-state index contributed by atoms with van der Waals surface area (Å²) in [7, 11) is 1.08. The van der Waals surface area contributed by atoms with Crippen molar-refractivity contribution in [1.29, 1.82) is 0 Å². The normalized spacial score (nSPS) is 11.2. The Morgan fingerprint density at radius 1 is 1.19 bits per heavy atom. The van der Waals surface area contributed by atoms with Gasteiger partial charge in [0.15, 0.2) is 0 Å².